The van der Waals surface area contributed by atoms with E-state index in [0.717, 1.165) is 17.5 Å². The number of pyridine rings is 1. The molecule has 0 radical (unpaired) electrons. The van der Waals surface area contributed by atoms with E-state index >= 15 is 0 Å². The third-order valence-electron chi connectivity index (χ3n) is 4.00. The Labute approximate surface area is 152 Å². The number of hydrogen-bond donors (Lipinski definition) is 1. The number of benzene rings is 1. The molecule has 3 aromatic rings. The van der Waals surface area contributed by atoms with Crippen LogP contribution < -0.4 is 10.2 Å². The first-order chi connectivity index (χ1) is 12.2. The summed E-state index contributed by atoms with van der Waals surface area (Å²) in [5.74, 6) is -0.458. The molecule has 0 fully saturated rings. The summed E-state index contributed by atoms with van der Waals surface area (Å²) in [6.07, 6.45) is 2.64. The van der Waals surface area contributed by atoms with Crippen LogP contribution >= 0.6 is 0 Å². The zero-order chi connectivity index (χ0) is 19.1. The second kappa shape index (κ2) is 6.45. The topological polar surface area (TPSA) is 83.8 Å². The predicted octanol–water partition coefficient (Wildman–Crippen LogP) is 2.36. The monoisotopic (exact) mass is 372 g/mol. The first kappa shape index (κ1) is 17.9. The summed E-state index contributed by atoms with van der Waals surface area (Å²) in [5, 5.41) is 2.64. The van der Waals surface area contributed by atoms with E-state index < -0.39 is 15.7 Å². The van der Waals surface area contributed by atoms with E-state index in [1.807, 2.05) is 38.1 Å². The highest BCUT2D eigenvalue weighted by Crippen LogP contribution is 2.23. The van der Waals surface area contributed by atoms with Crippen molar-refractivity contribution in [3.63, 3.8) is 0 Å². The van der Waals surface area contributed by atoms with Gasteiger partial charge in [0.05, 0.1) is 5.52 Å². The number of sulfone groups is 1. The lowest BCUT2D eigenvalue weighted by Crippen LogP contribution is -2.14. The van der Waals surface area contributed by atoms with Crippen molar-refractivity contribution in [1.29, 1.82) is 0 Å². The van der Waals surface area contributed by atoms with E-state index in [-0.39, 0.29) is 10.9 Å². The molecule has 0 aliphatic rings. The Hall–Kier alpha value is -2.87. The average molecular weight is 372 g/mol. The molecule has 0 aliphatic heterocycles. The molecule has 8 heteroatoms. The van der Waals surface area contributed by atoms with Crippen molar-refractivity contribution in [3.05, 3.63) is 53.9 Å². The minimum atomic E-state index is -3.57. The molecule has 1 N–H and O–H groups in total. The highest BCUT2D eigenvalue weighted by atomic mass is 32.2. The lowest BCUT2D eigenvalue weighted by atomic mass is 10.1. The van der Waals surface area contributed by atoms with Gasteiger partial charge in [-0.2, -0.15) is 0 Å². The normalized spacial score (nSPS) is 11.5. The Morgan fingerprint density at radius 2 is 1.92 bits per heavy atom. The first-order valence-electron chi connectivity index (χ1n) is 7.95. The number of nitrogens with zero attached hydrogens (tertiary/aromatic N) is 3. The maximum absolute atomic E-state index is 12.7. The van der Waals surface area contributed by atoms with Crippen LogP contribution in [-0.4, -0.2) is 44.1 Å². The molecule has 2 aromatic heterocycles. The Morgan fingerprint density at radius 3 is 2.54 bits per heavy atom. The molecule has 0 spiro atoms. The molecule has 3 rings (SSSR count). The second-order valence-electron chi connectivity index (χ2n) is 6.32. The van der Waals surface area contributed by atoms with Gasteiger partial charge in [-0.15, -0.1) is 0 Å². The van der Waals surface area contributed by atoms with Crippen LogP contribution in [0.2, 0.25) is 0 Å². The Kier molecular flexibility index (Phi) is 4.45. The molecule has 2 heterocycles. The fourth-order valence-corrected chi connectivity index (χ4v) is 3.64. The maximum Gasteiger partial charge on any atom is 0.276 e. The van der Waals surface area contributed by atoms with Gasteiger partial charge in [0.1, 0.15) is 0 Å². The fraction of sp³-hybridized carbons (Fsp3) is 0.222. The molecule has 136 valence electrons. The number of anilines is 2. The van der Waals surface area contributed by atoms with Crippen LogP contribution in [0.1, 0.15) is 16.1 Å². The smallest absolute Gasteiger partial charge is 0.276 e. The van der Waals surface area contributed by atoms with Gasteiger partial charge in [0, 0.05) is 37.9 Å². The third-order valence-corrected chi connectivity index (χ3v) is 4.95. The molecule has 0 aliphatic carbocycles. The summed E-state index contributed by atoms with van der Waals surface area (Å²) >= 11 is 0. The van der Waals surface area contributed by atoms with Crippen LogP contribution in [0.25, 0.3) is 5.52 Å². The van der Waals surface area contributed by atoms with Crippen molar-refractivity contribution in [2.45, 2.75) is 12.1 Å². The summed E-state index contributed by atoms with van der Waals surface area (Å²) in [7, 11) is 0.327. The lowest BCUT2D eigenvalue weighted by molar-refractivity contribution is 0.102. The average Bonchev–Trinajstić information content (AvgIpc) is 2.94. The van der Waals surface area contributed by atoms with Crippen LogP contribution in [0.4, 0.5) is 11.4 Å². The minimum absolute atomic E-state index is 0.0698. The van der Waals surface area contributed by atoms with Gasteiger partial charge in [-0.1, -0.05) is 6.07 Å². The van der Waals surface area contributed by atoms with E-state index in [2.05, 4.69) is 10.3 Å². The van der Waals surface area contributed by atoms with E-state index in [9.17, 15) is 13.2 Å². The second-order valence-corrected chi connectivity index (χ2v) is 8.23. The number of aromatic nitrogens is 2. The highest BCUT2D eigenvalue weighted by molar-refractivity contribution is 7.90. The van der Waals surface area contributed by atoms with Crippen molar-refractivity contribution in [1.82, 2.24) is 9.38 Å². The molecular formula is C18H20N4O3S. The number of hydrogen-bond acceptors (Lipinski definition) is 5. The largest absolute Gasteiger partial charge is 0.377 e. The molecule has 26 heavy (non-hydrogen) atoms. The van der Waals surface area contributed by atoms with Gasteiger partial charge in [-0.3, -0.25) is 9.20 Å². The summed E-state index contributed by atoms with van der Waals surface area (Å²) in [4.78, 5) is 18.8. The van der Waals surface area contributed by atoms with Crippen molar-refractivity contribution in [2.75, 3.05) is 30.6 Å². The lowest BCUT2D eigenvalue weighted by Gasteiger charge is -2.16. The van der Waals surface area contributed by atoms with Crippen molar-refractivity contribution in [3.8, 4) is 0 Å². The molecule has 0 atom stereocenters. The quantitative estimate of drug-likeness (QED) is 0.760. The number of imidazole rings is 1. The summed E-state index contributed by atoms with van der Waals surface area (Å²) in [6, 6.07) is 10.7. The molecule has 7 nitrogen and oxygen atoms in total. The highest BCUT2D eigenvalue weighted by Gasteiger charge is 2.22. The predicted molar refractivity (Wildman–Crippen MR) is 102 cm³/mol. The van der Waals surface area contributed by atoms with Crippen molar-refractivity contribution >= 4 is 32.6 Å². The zero-order valence-electron chi connectivity index (χ0n) is 15.0. The van der Waals surface area contributed by atoms with Crippen LogP contribution in [0, 0.1) is 6.92 Å². The van der Waals surface area contributed by atoms with Crippen molar-refractivity contribution < 1.29 is 13.2 Å². The molecule has 0 saturated heterocycles. The van der Waals surface area contributed by atoms with Gasteiger partial charge in [-0.25, -0.2) is 13.4 Å². The molecule has 1 amide bonds. The van der Waals surface area contributed by atoms with Crippen LogP contribution in [0.15, 0.2) is 47.8 Å². The van der Waals surface area contributed by atoms with Gasteiger partial charge in [0.2, 0.25) is 15.0 Å². The van der Waals surface area contributed by atoms with E-state index in [0.29, 0.717) is 11.2 Å². The molecule has 0 saturated carbocycles. The van der Waals surface area contributed by atoms with Crippen molar-refractivity contribution in [2.24, 2.45) is 0 Å². The maximum atomic E-state index is 12.7. The van der Waals surface area contributed by atoms with E-state index in [1.165, 1.54) is 4.40 Å². The number of fused-ring (bicyclic) bond motifs is 1. The SMILES string of the molecule is Cc1cc(NC(=O)c2nc(S(C)(=O)=O)n3ccccc23)ccc1N(C)C. The number of carbonyl (C=O) groups is 1. The third kappa shape index (κ3) is 3.28. The van der Waals surface area contributed by atoms with Gasteiger partial charge in [-0.05, 0) is 42.8 Å². The number of nitrogens with one attached hydrogen (secondary N) is 1. The molecular weight excluding hydrogens is 352 g/mol. The Morgan fingerprint density at radius 1 is 1.19 bits per heavy atom. The summed E-state index contributed by atoms with van der Waals surface area (Å²) in [6.45, 7) is 1.96. The van der Waals surface area contributed by atoms with Gasteiger partial charge in [0.25, 0.3) is 5.91 Å². The van der Waals surface area contributed by atoms with Crippen LogP contribution in [0.5, 0.6) is 0 Å². The fourth-order valence-electron chi connectivity index (χ4n) is 2.86. The summed E-state index contributed by atoms with van der Waals surface area (Å²) < 4.78 is 25.3. The van der Waals surface area contributed by atoms with Crippen LogP contribution in [-0.2, 0) is 9.84 Å². The molecule has 1 aromatic carbocycles. The Balaban J connectivity index is 2.00. The van der Waals surface area contributed by atoms with Gasteiger partial charge in [0.15, 0.2) is 5.69 Å². The van der Waals surface area contributed by atoms with Gasteiger partial charge < -0.3 is 10.2 Å². The summed E-state index contributed by atoms with van der Waals surface area (Å²) in [5.41, 5.74) is 3.19. The number of aryl methyl sites for hydroxylation is 1. The van der Waals surface area contributed by atoms with Gasteiger partial charge >= 0.3 is 0 Å². The first-order valence-corrected chi connectivity index (χ1v) is 9.84. The number of amides is 1. The van der Waals surface area contributed by atoms with E-state index in [4.69, 9.17) is 0 Å². The van der Waals surface area contributed by atoms with Crippen LogP contribution in [0.3, 0.4) is 0 Å². The molecule has 0 bridgehead atoms. The zero-order valence-corrected chi connectivity index (χ0v) is 15.8. The number of rotatable bonds is 4. The van der Waals surface area contributed by atoms with E-state index in [1.54, 1.807) is 30.5 Å². The standard InChI is InChI=1S/C18H20N4O3S/c1-12-11-13(8-9-14(12)21(2)3)19-17(23)16-15-7-5-6-10-22(15)18(20-16)26(4,24)25/h5-11H,1-4H3,(H,19,23). The Bertz CT molecular complexity index is 1100. The minimum Gasteiger partial charge on any atom is -0.377 e. The molecule has 0 unspecified atom stereocenters. The number of carbonyl (C=O) groups excluding carboxylic acids is 1.